The molecule has 0 aromatic rings. The van der Waals surface area contributed by atoms with Crippen molar-refractivity contribution in [1.29, 1.82) is 0 Å². The molecular weight excluding hydrogens is 290 g/mol. The number of ether oxygens (including phenoxy) is 1. The molecule has 2 atom stereocenters. The molecule has 2 unspecified atom stereocenters. The SMILES string of the molecule is CN(C)C1(CNC2CCC(NC(=O)OC(C)(C)C)C2)CCCC1. The van der Waals surface area contributed by atoms with Gasteiger partial charge in [-0.15, -0.1) is 0 Å². The number of nitrogens with one attached hydrogen (secondary N) is 2. The van der Waals surface area contributed by atoms with Gasteiger partial charge in [0.2, 0.25) is 0 Å². The van der Waals surface area contributed by atoms with Crippen LogP contribution in [0.1, 0.15) is 65.7 Å². The van der Waals surface area contributed by atoms with E-state index < -0.39 is 5.60 Å². The summed E-state index contributed by atoms with van der Waals surface area (Å²) in [5, 5.41) is 6.78. The van der Waals surface area contributed by atoms with E-state index in [9.17, 15) is 4.79 Å². The molecule has 0 aromatic carbocycles. The van der Waals surface area contributed by atoms with Crippen molar-refractivity contribution in [1.82, 2.24) is 15.5 Å². The number of carbonyl (C=O) groups is 1. The summed E-state index contributed by atoms with van der Waals surface area (Å²) in [6, 6.07) is 0.744. The Hall–Kier alpha value is -0.810. The van der Waals surface area contributed by atoms with Crippen molar-refractivity contribution >= 4 is 6.09 Å². The first kappa shape index (κ1) is 18.5. The van der Waals surface area contributed by atoms with Gasteiger partial charge in [-0.1, -0.05) is 12.8 Å². The second kappa shape index (κ2) is 7.39. The van der Waals surface area contributed by atoms with Crippen molar-refractivity contribution in [2.45, 2.75) is 88.9 Å². The summed E-state index contributed by atoms with van der Waals surface area (Å²) in [7, 11) is 4.41. The molecule has 2 aliphatic rings. The van der Waals surface area contributed by atoms with Crippen LogP contribution in [0.25, 0.3) is 0 Å². The summed E-state index contributed by atoms with van der Waals surface area (Å²) in [5.74, 6) is 0. The zero-order chi connectivity index (χ0) is 17.1. The molecule has 2 aliphatic carbocycles. The van der Waals surface area contributed by atoms with Gasteiger partial charge in [0.1, 0.15) is 5.60 Å². The average molecular weight is 325 g/mol. The van der Waals surface area contributed by atoms with Crippen LogP contribution in [0.3, 0.4) is 0 Å². The van der Waals surface area contributed by atoms with E-state index in [1.54, 1.807) is 0 Å². The predicted molar refractivity (Wildman–Crippen MR) is 93.7 cm³/mol. The van der Waals surface area contributed by atoms with E-state index in [4.69, 9.17) is 4.74 Å². The highest BCUT2D eigenvalue weighted by atomic mass is 16.6. The first-order valence-electron chi connectivity index (χ1n) is 9.10. The molecule has 0 saturated heterocycles. The summed E-state index contributed by atoms with van der Waals surface area (Å²) in [6.07, 6.45) is 8.14. The Morgan fingerprint density at radius 2 is 1.78 bits per heavy atom. The fourth-order valence-corrected chi connectivity index (χ4v) is 3.92. The van der Waals surface area contributed by atoms with Gasteiger partial charge in [0.05, 0.1) is 0 Å². The van der Waals surface area contributed by atoms with E-state index in [0.29, 0.717) is 11.6 Å². The van der Waals surface area contributed by atoms with Crippen molar-refractivity contribution in [3.63, 3.8) is 0 Å². The Bertz CT molecular complexity index is 398. The fourth-order valence-electron chi connectivity index (χ4n) is 3.92. The Kier molecular flexibility index (Phi) is 5.95. The number of amides is 1. The third-order valence-electron chi connectivity index (χ3n) is 5.36. The van der Waals surface area contributed by atoms with E-state index in [1.165, 1.54) is 25.7 Å². The minimum absolute atomic E-state index is 0.237. The molecule has 5 heteroatoms. The van der Waals surface area contributed by atoms with E-state index >= 15 is 0 Å². The molecule has 0 radical (unpaired) electrons. The van der Waals surface area contributed by atoms with Gasteiger partial charge in [0.25, 0.3) is 0 Å². The molecular formula is C18H35N3O2. The molecule has 2 N–H and O–H groups in total. The van der Waals surface area contributed by atoms with Gasteiger partial charge in [0.15, 0.2) is 0 Å². The van der Waals surface area contributed by atoms with Crippen LogP contribution in [0, 0.1) is 0 Å². The number of nitrogens with zero attached hydrogens (tertiary/aromatic N) is 1. The van der Waals surface area contributed by atoms with Gasteiger partial charge in [0, 0.05) is 24.2 Å². The minimum atomic E-state index is -0.430. The molecule has 2 saturated carbocycles. The summed E-state index contributed by atoms with van der Waals surface area (Å²) in [6.45, 7) is 6.75. The first-order valence-corrected chi connectivity index (χ1v) is 9.10. The molecule has 0 spiro atoms. The van der Waals surface area contributed by atoms with Crippen molar-refractivity contribution in [3.8, 4) is 0 Å². The van der Waals surface area contributed by atoms with Gasteiger partial charge in [-0.05, 0) is 67.0 Å². The number of hydrogen-bond acceptors (Lipinski definition) is 4. The fraction of sp³-hybridized carbons (Fsp3) is 0.944. The number of carbonyl (C=O) groups excluding carboxylic acids is 1. The smallest absolute Gasteiger partial charge is 0.407 e. The summed E-state index contributed by atoms with van der Waals surface area (Å²) >= 11 is 0. The third-order valence-corrected chi connectivity index (χ3v) is 5.36. The normalized spacial score (nSPS) is 27.4. The second-order valence-corrected chi connectivity index (χ2v) is 8.56. The van der Waals surface area contributed by atoms with Crippen LogP contribution in [0.15, 0.2) is 0 Å². The molecule has 2 fully saturated rings. The third kappa shape index (κ3) is 5.35. The van der Waals surface area contributed by atoms with Crippen LogP contribution >= 0.6 is 0 Å². The van der Waals surface area contributed by atoms with Gasteiger partial charge in [-0.25, -0.2) is 4.79 Å². The maximum absolute atomic E-state index is 11.9. The largest absolute Gasteiger partial charge is 0.444 e. The van der Waals surface area contributed by atoms with E-state index in [0.717, 1.165) is 25.8 Å². The van der Waals surface area contributed by atoms with Crippen LogP contribution < -0.4 is 10.6 Å². The molecule has 134 valence electrons. The zero-order valence-corrected chi connectivity index (χ0v) is 15.6. The number of likely N-dealkylation sites (N-methyl/N-ethyl adjacent to an activating group) is 1. The van der Waals surface area contributed by atoms with Gasteiger partial charge < -0.3 is 20.3 Å². The first-order chi connectivity index (χ1) is 10.7. The van der Waals surface area contributed by atoms with Crippen LogP contribution in [0.5, 0.6) is 0 Å². The predicted octanol–water partition coefficient (Wildman–Crippen LogP) is 2.90. The maximum atomic E-state index is 11.9. The molecule has 0 bridgehead atoms. The highest BCUT2D eigenvalue weighted by Crippen LogP contribution is 2.33. The number of alkyl carbamates (subject to hydrolysis) is 1. The van der Waals surface area contributed by atoms with Gasteiger partial charge in [-0.2, -0.15) is 0 Å². The quantitative estimate of drug-likeness (QED) is 0.816. The number of hydrogen-bond donors (Lipinski definition) is 2. The maximum Gasteiger partial charge on any atom is 0.407 e. The minimum Gasteiger partial charge on any atom is -0.444 e. The molecule has 0 aliphatic heterocycles. The lowest BCUT2D eigenvalue weighted by atomic mass is 9.95. The van der Waals surface area contributed by atoms with Crippen molar-refractivity contribution < 1.29 is 9.53 Å². The Morgan fingerprint density at radius 3 is 2.35 bits per heavy atom. The molecule has 1 amide bonds. The highest BCUT2D eigenvalue weighted by molar-refractivity contribution is 5.68. The van der Waals surface area contributed by atoms with Crippen molar-refractivity contribution in [2.24, 2.45) is 0 Å². The Morgan fingerprint density at radius 1 is 1.17 bits per heavy atom. The van der Waals surface area contributed by atoms with Crippen LogP contribution in [0.2, 0.25) is 0 Å². The second-order valence-electron chi connectivity index (χ2n) is 8.56. The molecule has 5 nitrogen and oxygen atoms in total. The van der Waals surface area contributed by atoms with Crippen molar-refractivity contribution in [2.75, 3.05) is 20.6 Å². The summed E-state index contributed by atoms with van der Waals surface area (Å²) in [4.78, 5) is 14.3. The number of rotatable bonds is 5. The monoisotopic (exact) mass is 325 g/mol. The molecule has 0 aromatic heterocycles. The molecule has 0 heterocycles. The zero-order valence-electron chi connectivity index (χ0n) is 15.6. The Balaban J connectivity index is 1.74. The average Bonchev–Trinajstić information content (AvgIpc) is 3.03. The summed E-state index contributed by atoms with van der Waals surface area (Å²) < 4.78 is 5.35. The van der Waals surface area contributed by atoms with E-state index in [1.807, 2.05) is 20.8 Å². The lowest BCUT2D eigenvalue weighted by molar-refractivity contribution is 0.0505. The van der Waals surface area contributed by atoms with Crippen LogP contribution in [-0.4, -0.2) is 54.9 Å². The molecule has 2 rings (SSSR count). The lowest BCUT2D eigenvalue weighted by Gasteiger charge is -2.37. The van der Waals surface area contributed by atoms with Crippen LogP contribution in [0.4, 0.5) is 4.79 Å². The standard InChI is InChI=1S/C18H35N3O2/c1-17(2,3)23-16(22)20-15-9-8-14(12-15)19-13-18(21(4)5)10-6-7-11-18/h14-15,19H,6-13H2,1-5H3,(H,20,22). The van der Waals surface area contributed by atoms with E-state index in [2.05, 4.69) is 29.6 Å². The van der Waals surface area contributed by atoms with Gasteiger partial charge in [-0.3, -0.25) is 0 Å². The summed E-state index contributed by atoms with van der Waals surface area (Å²) in [5.41, 5.74) is -0.0996. The highest BCUT2D eigenvalue weighted by Gasteiger charge is 2.37. The topological polar surface area (TPSA) is 53.6 Å². The van der Waals surface area contributed by atoms with Crippen LogP contribution in [-0.2, 0) is 4.74 Å². The van der Waals surface area contributed by atoms with Crippen molar-refractivity contribution in [3.05, 3.63) is 0 Å². The van der Waals surface area contributed by atoms with Gasteiger partial charge >= 0.3 is 6.09 Å². The Labute approximate surface area is 141 Å². The molecule has 23 heavy (non-hydrogen) atoms. The lowest BCUT2D eigenvalue weighted by Crippen LogP contribution is -2.51. The van der Waals surface area contributed by atoms with E-state index in [-0.39, 0.29) is 12.1 Å².